The Balaban J connectivity index is 2.80. The van der Waals surface area contributed by atoms with E-state index >= 15 is 0 Å². The predicted molar refractivity (Wildman–Crippen MR) is 58.1 cm³/mol. The molecule has 0 saturated heterocycles. The standard InChI is InChI=1S/C11H10ClNO3/c1-10(12)8(14)6-4-2-3-5-7(6)11(10,16)9(13)15/h2-5,16H,1H3,(H2,13,15)/t10-,11-/m1/s1. The minimum absolute atomic E-state index is 0.171. The van der Waals surface area contributed by atoms with Crippen molar-refractivity contribution in [3.8, 4) is 0 Å². The number of amides is 1. The second-order valence-electron chi connectivity index (χ2n) is 3.95. The zero-order chi connectivity index (χ0) is 12.1. The van der Waals surface area contributed by atoms with Gasteiger partial charge in [0.1, 0.15) is 4.87 Å². The third-order valence-corrected chi connectivity index (χ3v) is 3.47. The summed E-state index contributed by atoms with van der Waals surface area (Å²) in [5, 5.41) is 10.3. The number of hydrogen-bond donors (Lipinski definition) is 2. The Labute approximate surface area is 97.0 Å². The lowest BCUT2D eigenvalue weighted by Crippen LogP contribution is -2.54. The Morgan fingerprint density at radius 1 is 1.44 bits per heavy atom. The van der Waals surface area contributed by atoms with Crippen molar-refractivity contribution in [2.75, 3.05) is 0 Å². The molecule has 1 aliphatic rings. The molecule has 1 aliphatic carbocycles. The number of aliphatic hydroxyl groups is 1. The van der Waals surface area contributed by atoms with E-state index in [0.717, 1.165) is 0 Å². The van der Waals surface area contributed by atoms with Crippen molar-refractivity contribution in [1.82, 2.24) is 0 Å². The average Bonchev–Trinajstić information content (AvgIpc) is 2.40. The van der Waals surface area contributed by atoms with Gasteiger partial charge in [-0.2, -0.15) is 0 Å². The molecule has 0 aliphatic heterocycles. The van der Waals surface area contributed by atoms with Crippen LogP contribution in [0, 0.1) is 0 Å². The summed E-state index contributed by atoms with van der Waals surface area (Å²) in [7, 11) is 0. The quantitative estimate of drug-likeness (QED) is 0.703. The summed E-state index contributed by atoms with van der Waals surface area (Å²) in [6, 6.07) is 6.24. The molecular weight excluding hydrogens is 230 g/mol. The van der Waals surface area contributed by atoms with E-state index in [2.05, 4.69) is 0 Å². The van der Waals surface area contributed by atoms with Gasteiger partial charge in [-0.25, -0.2) is 0 Å². The van der Waals surface area contributed by atoms with Crippen LogP contribution in [0.5, 0.6) is 0 Å². The van der Waals surface area contributed by atoms with Gasteiger partial charge in [-0.1, -0.05) is 24.3 Å². The maximum Gasteiger partial charge on any atom is 0.256 e. The number of nitrogens with two attached hydrogens (primary N) is 1. The summed E-state index contributed by atoms with van der Waals surface area (Å²) >= 11 is 5.99. The van der Waals surface area contributed by atoms with Gasteiger partial charge in [-0.15, -0.1) is 11.6 Å². The van der Waals surface area contributed by atoms with Crippen molar-refractivity contribution in [2.45, 2.75) is 17.4 Å². The van der Waals surface area contributed by atoms with E-state index in [1.165, 1.54) is 19.1 Å². The van der Waals surface area contributed by atoms with Gasteiger partial charge < -0.3 is 10.8 Å². The van der Waals surface area contributed by atoms with Crippen LogP contribution >= 0.6 is 11.6 Å². The van der Waals surface area contributed by atoms with Crippen molar-refractivity contribution in [3.63, 3.8) is 0 Å². The van der Waals surface area contributed by atoms with Crippen LogP contribution in [0.1, 0.15) is 22.8 Å². The number of ketones is 1. The Kier molecular flexibility index (Phi) is 2.12. The summed E-state index contributed by atoms with van der Waals surface area (Å²) < 4.78 is 0. The number of benzene rings is 1. The highest BCUT2D eigenvalue weighted by atomic mass is 35.5. The van der Waals surface area contributed by atoms with Crippen molar-refractivity contribution >= 4 is 23.3 Å². The number of rotatable bonds is 1. The summed E-state index contributed by atoms with van der Waals surface area (Å²) in [4.78, 5) is 21.6. The number of carbonyl (C=O) groups excluding carboxylic acids is 2. The number of alkyl halides is 1. The monoisotopic (exact) mass is 239 g/mol. The van der Waals surface area contributed by atoms with Gasteiger partial charge in [0, 0.05) is 11.1 Å². The van der Waals surface area contributed by atoms with Gasteiger partial charge in [0.15, 0.2) is 11.4 Å². The largest absolute Gasteiger partial charge is 0.374 e. The molecule has 3 N–H and O–H groups in total. The number of hydrogen-bond acceptors (Lipinski definition) is 3. The van der Waals surface area contributed by atoms with Crippen molar-refractivity contribution < 1.29 is 14.7 Å². The van der Waals surface area contributed by atoms with Crippen LogP contribution in [0.4, 0.5) is 0 Å². The van der Waals surface area contributed by atoms with E-state index in [1.54, 1.807) is 12.1 Å². The first-order chi connectivity index (χ1) is 7.33. The molecule has 0 radical (unpaired) electrons. The lowest BCUT2D eigenvalue weighted by atomic mass is 9.87. The fraction of sp³-hybridized carbons (Fsp3) is 0.273. The van der Waals surface area contributed by atoms with Gasteiger partial charge in [0.25, 0.3) is 5.91 Å². The van der Waals surface area contributed by atoms with Crippen LogP contribution in [0.25, 0.3) is 0 Å². The Hall–Kier alpha value is -1.39. The normalized spacial score (nSPS) is 32.6. The molecule has 0 aromatic heterocycles. The molecule has 4 nitrogen and oxygen atoms in total. The van der Waals surface area contributed by atoms with Crippen molar-refractivity contribution in [1.29, 1.82) is 0 Å². The molecule has 16 heavy (non-hydrogen) atoms. The summed E-state index contributed by atoms with van der Waals surface area (Å²) in [5.41, 5.74) is 3.42. The molecule has 0 bridgehead atoms. The van der Waals surface area contributed by atoms with Gasteiger partial charge in [0.05, 0.1) is 0 Å². The molecule has 0 heterocycles. The summed E-state index contributed by atoms with van der Waals surface area (Å²) in [6.07, 6.45) is 0. The van der Waals surface area contributed by atoms with Crippen LogP contribution in [0.2, 0.25) is 0 Å². The Morgan fingerprint density at radius 3 is 2.56 bits per heavy atom. The molecule has 0 spiro atoms. The smallest absolute Gasteiger partial charge is 0.256 e. The number of fused-ring (bicyclic) bond motifs is 1. The number of primary amides is 1. The van der Waals surface area contributed by atoms with E-state index in [1.807, 2.05) is 0 Å². The topological polar surface area (TPSA) is 80.4 Å². The van der Waals surface area contributed by atoms with E-state index < -0.39 is 22.2 Å². The van der Waals surface area contributed by atoms with Gasteiger partial charge in [-0.05, 0) is 6.92 Å². The number of halogens is 1. The van der Waals surface area contributed by atoms with E-state index in [9.17, 15) is 14.7 Å². The molecule has 2 rings (SSSR count). The van der Waals surface area contributed by atoms with Crippen LogP contribution in [0.3, 0.4) is 0 Å². The number of Topliss-reactive ketones (excluding diaryl/α,β-unsaturated/α-hetero) is 1. The second-order valence-corrected chi connectivity index (χ2v) is 4.71. The molecule has 1 amide bonds. The fourth-order valence-electron chi connectivity index (χ4n) is 2.03. The van der Waals surface area contributed by atoms with E-state index in [-0.39, 0.29) is 11.1 Å². The van der Waals surface area contributed by atoms with Crippen LogP contribution in [0.15, 0.2) is 24.3 Å². The van der Waals surface area contributed by atoms with Gasteiger partial charge in [0.2, 0.25) is 0 Å². The highest BCUT2D eigenvalue weighted by molar-refractivity contribution is 6.42. The molecule has 0 saturated carbocycles. The molecule has 1 aromatic carbocycles. The maximum absolute atomic E-state index is 11.9. The molecule has 1 aromatic rings. The van der Waals surface area contributed by atoms with E-state index in [4.69, 9.17) is 17.3 Å². The zero-order valence-corrected chi connectivity index (χ0v) is 9.28. The fourth-order valence-corrected chi connectivity index (χ4v) is 2.33. The average molecular weight is 240 g/mol. The summed E-state index contributed by atoms with van der Waals surface area (Å²) in [6.45, 7) is 1.29. The minimum atomic E-state index is -2.15. The molecule has 2 atom stereocenters. The lowest BCUT2D eigenvalue weighted by molar-refractivity contribution is -0.138. The van der Waals surface area contributed by atoms with E-state index in [0.29, 0.717) is 0 Å². The van der Waals surface area contributed by atoms with Crippen LogP contribution < -0.4 is 5.73 Å². The number of carbonyl (C=O) groups is 2. The molecule has 0 unspecified atom stereocenters. The van der Waals surface area contributed by atoms with Crippen molar-refractivity contribution in [3.05, 3.63) is 35.4 Å². The predicted octanol–water partition coefficient (Wildman–Crippen LogP) is 0.553. The molecule has 84 valence electrons. The first-order valence-electron chi connectivity index (χ1n) is 4.69. The first kappa shape index (κ1) is 11.1. The lowest BCUT2D eigenvalue weighted by Gasteiger charge is -2.30. The zero-order valence-electron chi connectivity index (χ0n) is 8.53. The first-order valence-corrected chi connectivity index (χ1v) is 5.06. The van der Waals surface area contributed by atoms with Gasteiger partial charge in [-0.3, -0.25) is 9.59 Å². The van der Waals surface area contributed by atoms with Crippen LogP contribution in [-0.2, 0) is 10.4 Å². The molecular formula is C11H10ClNO3. The second kappa shape index (κ2) is 3.06. The Bertz CT molecular complexity index is 498. The van der Waals surface area contributed by atoms with Gasteiger partial charge >= 0.3 is 0 Å². The third-order valence-electron chi connectivity index (χ3n) is 3.02. The molecule has 5 heteroatoms. The molecule has 0 fully saturated rings. The summed E-state index contributed by atoms with van der Waals surface area (Å²) in [5.74, 6) is -1.52. The highest BCUT2D eigenvalue weighted by Crippen LogP contribution is 2.47. The third kappa shape index (κ3) is 1.03. The highest BCUT2D eigenvalue weighted by Gasteiger charge is 2.62. The van der Waals surface area contributed by atoms with Crippen molar-refractivity contribution in [2.24, 2.45) is 5.73 Å². The Morgan fingerprint density at radius 2 is 2.00 bits per heavy atom. The minimum Gasteiger partial charge on any atom is -0.374 e. The van der Waals surface area contributed by atoms with Crippen LogP contribution in [-0.4, -0.2) is 21.7 Å². The SMILES string of the molecule is C[C@@]1(Cl)C(=O)c2ccccc2[C@@]1(O)C(N)=O. The maximum atomic E-state index is 11.9.